The monoisotopic (exact) mass is 332 g/mol. The summed E-state index contributed by atoms with van der Waals surface area (Å²) >= 11 is 3.12. The molecule has 1 aromatic carbocycles. The molecule has 2 unspecified atom stereocenters. The van der Waals surface area contributed by atoms with Crippen LogP contribution in [0.1, 0.15) is 28.4 Å². The number of halogens is 1. The molecule has 19 heavy (non-hydrogen) atoms. The Balaban J connectivity index is 2.90. The average molecular weight is 333 g/mol. The number of carbonyl (C=O) groups excluding carboxylic acids is 1. The van der Waals surface area contributed by atoms with Crippen molar-refractivity contribution in [1.29, 1.82) is 0 Å². The lowest BCUT2D eigenvalue weighted by Crippen LogP contribution is -2.23. The predicted molar refractivity (Wildman–Crippen MR) is 68.7 cm³/mol. The Hall–Kier alpha value is -1.44. The third-order valence-corrected chi connectivity index (χ3v) is 3.22. The molecule has 6 nitrogen and oxygen atoms in total. The van der Waals surface area contributed by atoms with Gasteiger partial charge in [0.15, 0.2) is 0 Å². The molecule has 0 fully saturated rings. The van der Waals surface area contributed by atoms with Gasteiger partial charge in [0.25, 0.3) is 0 Å². The molecule has 0 amide bonds. The molecule has 1 aromatic rings. The molecule has 0 spiro atoms. The van der Waals surface area contributed by atoms with Crippen molar-refractivity contribution in [2.75, 3.05) is 7.11 Å². The molecule has 104 valence electrons. The largest absolute Gasteiger partial charge is 0.478 e. The molecule has 0 radical (unpaired) electrons. The molecule has 0 bridgehead atoms. The van der Waals surface area contributed by atoms with E-state index in [0.717, 1.165) is 0 Å². The second kappa shape index (κ2) is 6.65. The minimum Gasteiger partial charge on any atom is -0.478 e. The van der Waals surface area contributed by atoms with E-state index in [1.165, 1.54) is 25.3 Å². The highest BCUT2D eigenvalue weighted by atomic mass is 79.9. The normalized spacial score (nSPS) is 13.7. The van der Waals surface area contributed by atoms with E-state index >= 15 is 0 Å². The molecule has 7 heteroatoms. The first-order valence-electron chi connectivity index (χ1n) is 5.32. The molecule has 0 aliphatic rings. The Labute approximate surface area is 117 Å². The molecule has 0 aliphatic heterocycles. The molecule has 0 saturated heterocycles. The van der Waals surface area contributed by atoms with Crippen molar-refractivity contribution in [3.8, 4) is 0 Å². The van der Waals surface area contributed by atoms with Gasteiger partial charge in [0.1, 0.15) is 6.10 Å². The number of hydrogen-bond acceptors (Lipinski definition) is 5. The van der Waals surface area contributed by atoms with Crippen molar-refractivity contribution >= 4 is 27.9 Å². The first-order chi connectivity index (χ1) is 8.86. The molecular formula is C12H13BrO6. The van der Waals surface area contributed by atoms with Gasteiger partial charge in [-0.15, -0.1) is 0 Å². The summed E-state index contributed by atoms with van der Waals surface area (Å²) in [6.07, 6.45) is -3.01. The lowest BCUT2D eigenvalue weighted by molar-refractivity contribution is -0.144. The number of methoxy groups -OCH3 is 1. The maximum atomic E-state index is 11.0. The number of carboxylic acid groups (broad SMARTS) is 1. The van der Waals surface area contributed by atoms with Gasteiger partial charge < -0.3 is 20.1 Å². The summed E-state index contributed by atoms with van der Waals surface area (Å²) in [4.78, 5) is 21.8. The number of aromatic carboxylic acids is 1. The van der Waals surface area contributed by atoms with Gasteiger partial charge in [-0.05, 0) is 17.7 Å². The first kappa shape index (κ1) is 15.6. The maximum Gasteiger partial charge on any atom is 0.335 e. The summed E-state index contributed by atoms with van der Waals surface area (Å²) in [6.45, 7) is 0. The second-order valence-corrected chi connectivity index (χ2v) is 4.69. The number of aliphatic hydroxyl groups excluding tert-OH is 2. The smallest absolute Gasteiger partial charge is 0.335 e. The van der Waals surface area contributed by atoms with E-state index in [1.807, 2.05) is 0 Å². The van der Waals surface area contributed by atoms with Gasteiger partial charge in [0.05, 0.1) is 25.2 Å². The van der Waals surface area contributed by atoms with Gasteiger partial charge in [0.2, 0.25) is 0 Å². The maximum absolute atomic E-state index is 11.0. The standard InChI is InChI=1S/C12H13BrO6/c1-19-10(15)5-9(14)11(16)7-3-2-6(12(17)18)4-8(7)13/h2-4,9,11,14,16H,5H2,1H3,(H,17,18). The first-order valence-corrected chi connectivity index (χ1v) is 6.11. The molecule has 0 aliphatic carbocycles. The third kappa shape index (κ3) is 4.02. The Kier molecular flexibility index (Phi) is 5.46. The minimum absolute atomic E-state index is 0.0466. The Bertz CT molecular complexity index is 487. The van der Waals surface area contributed by atoms with Gasteiger partial charge in [-0.25, -0.2) is 4.79 Å². The lowest BCUT2D eigenvalue weighted by Gasteiger charge is -2.18. The number of benzene rings is 1. The van der Waals surface area contributed by atoms with Crippen LogP contribution in [0.15, 0.2) is 22.7 Å². The lowest BCUT2D eigenvalue weighted by atomic mass is 10.0. The van der Waals surface area contributed by atoms with E-state index in [-0.39, 0.29) is 12.0 Å². The van der Waals surface area contributed by atoms with Gasteiger partial charge in [-0.1, -0.05) is 22.0 Å². The van der Waals surface area contributed by atoms with Crippen LogP contribution in [0.4, 0.5) is 0 Å². The van der Waals surface area contributed by atoms with Crippen LogP contribution >= 0.6 is 15.9 Å². The highest BCUT2D eigenvalue weighted by molar-refractivity contribution is 9.10. The van der Waals surface area contributed by atoms with Crippen LogP contribution < -0.4 is 0 Å². The van der Waals surface area contributed by atoms with Crippen LogP contribution in [-0.4, -0.2) is 40.5 Å². The summed E-state index contributed by atoms with van der Waals surface area (Å²) in [5.74, 6) is -1.75. The fourth-order valence-electron chi connectivity index (χ4n) is 1.47. The zero-order valence-electron chi connectivity index (χ0n) is 10.0. The Morgan fingerprint density at radius 1 is 1.37 bits per heavy atom. The number of aliphatic hydroxyl groups is 2. The molecule has 0 saturated carbocycles. The van der Waals surface area contributed by atoms with Gasteiger partial charge in [-0.2, -0.15) is 0 Å². The van der Waals surface area contributed by atoms with Crippen LogP contribution in [0.25, 0.3) is 0 Å². The summed E-state index contributed by atoms with van der Waals surface area (Å²) in [7, 11) is 1.18. The predicted octanol–water partition coefficient (Wildman–Crippen LogP) is 1.10. The van der Waals surface area contributed by atoms with Crippen LogP contribution in [0.2, 0.25) is 0 Å². The number of carbonyl (C=O) groups is 2. The van der Waals surface area contributed by atoms with Crippen molar-refractivity contribution in [2.24, 2.45) is 0 Å². The highest BCUT2D eigenvalue weighted by Crippen LogP contribution is 2.28. The van der Waals surface area contributed by atoms with Crippen molar-refractivity contribution in [3.05, 3.63) is 33.8 Å². The molecule has 0 heterocycles. The second-order valence-electron chi connectivity index (χ2n) is 3.83. The number of hydrogen-bond donors (Lipinski definition) is 3. The highest BCUT2D eigenvalue weighted by Gasteiger charge is 2.24. The van der Waals surface area contributed by atoms with E-state index in [4.69, 9.17) is 5.11 Å². The van der Waals surface area contributed by atoms with E-state index in [9.17, 15) is 19.8 Å². The van der Waals surface area contributed by atoms with E-state index < -0.39 is 24.1 Å². The number of esters is 1. The zero-order chi connectivity index (χ0) is 14.6. The van der Waals surface area contributed by atoms with Crippen molar-refractivity contribution in [2.45, 2.75) is 18.6 Å². The Morgan fingerprint density at radius 3 is 2.47 bits per heavy atom. The number of rotatable bonds is 5. The van der Waals surface area contributed by atoms with E-state index in [1.54, 1.807) is 0 Å². The van der Waals surface area contributed by atoms with Crippen LogP contribution in [0.3, 0.4) is 0 Å². The molecule has 1 rings (SSSR count). The Morgan fingerprint density at radius 2 is 2.00 bits per heavy atom. The molecule has 2 atom stereocenters. The van der Waals surface area contributed by atoms with Crippen molar-refractivity contribution in [3.63, 3.8) is 0 Å². The third-order valence-electron chi connectivity index (χ3n) is 2.53. The SMILES string of the molecule is COC(=O)CC(O)C(O)c1ccc(C(=O)O)cc1Br. The molecular weight excluding hydrogens is 320 g/mol. The fraction of sp³-hybridized carbons (Fsp3) is 0.333. The van der Waals surface area contributed by atoms with Crippen LogP contribution in [-0.2, 0) is 9.53 Å². The van der Waals surface area contributed by atoms with Gasteiger partial charge >= 0.3 is 11.9 Å². The summed E-state index contributed by atoms with van der Waals surface area (Å²) in [5.41, 5.74) is 0.340. The number of carboxylic acids is 1. The van der Waals surface area contributed by atoms with Crippen molar-refractivity contribution in [1.82, 2.24) is 0 Å². The zero-order valence-corrected chi connectivity index (χ0v) is 11.6. The van der Waals surface area contributed by atoms with E-state index in [2.05, 4.69) is 20.7 Å². The summed E-state index contributed by atoms with van der Waals surface area (Å²) in [5, 5.41) is 28.4. The van der Waals surface area contributed by atoms with Crippen LogP contribution in [0, 0.1) is 0 Å². The summed E-state index contributed by atoms with van der Waals surface area (Å²) < 4.78 is 4.73. The molecule has 3 N–H and O–H groups in total. The van der Waals surface area contributed by atoms with Gasteiger partial charge in [-0.3, -0.25) is 4.79 Å². The quantitative estimate of drug-likeness (QED) is 0.697. The topological polar surface area (TPSA) is 104 Å². The van der Waals surface area contributed by atoms with E-state index in [0.29, 0.717) is 10.0 Å². The number of ether oxygens (including phenoxy) is 1. The minimum atomic E-state index is -1.33. The average Bonchev–Trinajstić information content (AvgIpc) is 2.37. The van der Waals surface area contributed by atoms with Crippen molar-refractivity contribution < 1.29 is 29.6 Å². The summed E-state index contributed by atoms with van der Waals surface area (Å²) in [6, 6.07) is 3.99. The van der Waals surface area contributed by atoms with Gasteiger partial charge in [0, 0.05) is 4.47 Å². The van der Waals surface area contributed by atoms with Crippen LogP contribution in [0.5, 0.6) is 0 Å². The molecule has 0 aromatic heterocycles. The fourth-order valence-corrected chi connectivity index (χ4v) is 2.09.